The first kappa shape index (κ1) is 13.0. The van der Waals surface area contributed by atoms with E-state index in [1.54, 1.807) is 0 Å². The van der Waals surface area contributed by atoms with Crippen molar-refractivity contribution in [3.8, 4) is 0 Å². The van der Waals surface area contributed by atoms with E-state index >= 15 is 0 Å². The van der Waals surface area contributed by atoms with Crippen molar-refractivity contribution in [1.29, 1.82) is 0 Å². The van der Waals surface area contributed by atoms with Crippen LogP contribution in [0.5, 0.6) is 0 Å². The summed E-state index contributed by atoms with van der Waals surface area (Å²) in [6.45, 7) is 9.37. The highest BCUT2D eigenvalue weighted by atomic mass is 79.9. The lowest BCUT2D eigenvalue weighted by atomic mass is 9.98. The Balaban J connectivity index is 2.84. The molecule has 0 fully saturated rings. The molecule has 86 valence electrons. The summed E-state index contributed by atoms with van der Waals surface area (Å²) in [6, 6.07) is 0. The van der Waals surface area contributed by atoms with Crippen molar-refractivity contribution in [1.82, 2.24) is 9.78 Å². The molecular weight excluding hydrogens is 275 g/mol. The van der Waals surface area contributed by atoms with Gasteiger partial charge in [-0.2, -0.15) is 5.10 Å². The van der Waals surface area contributed by atoms with E-state index in [2.05, 4.69) is 34.9 Å². The molecule has 1 aromatic heterocycles. The molecule has 1 rings (SSSR count). The third-order valence-corrected chi connectivity index (χ3v) is 4.22. The predicted octanol–water partition coefficient (Wildman–Crippen LogP) is 3.82. The van der Waals surface area contributed by atoms with E-state index < -0.39 is 0 Å². The van der Waals surface area contributed by atoms with Crippen LogP contribution < -0.4 is 0 Å². The van der Waals surface area contributed by atoms with Crippen molar-refractivity contribution in [3.05, 3.63) is 16.4 Å². The number of hydrogen-bond acceptors (Lipinski definition) is 1. The summed E-state index contributed by atoms with van der Waals surface area (Å²) >= 11 is 9.66. The van der Waals surface area contributed by atoms with Gasteiger partial charge in [-0.05, 0) is 25.7 Å². The summed E-state index contributed by atoms with van der Waals surface area (Å²) in [5, 5.41) is 6.24. The van der Waals surface area contributed by atoms with Gasteiger partial charge in [0.15, 0.2) is 0 Å². The number of aromatic nitrogens is 2. The van der Waals surface area contributed by atoms with Crippen LogP contribution in [0.15, 0.2) is 0 Å². The Kier molecular flexibility index (Phi) is 4.65. The Labute approximate surface area is 105 Å². The second kappa shape index (κ2) is 5.35. The lowest BCUT2D eigenvalue weighted by Gasteiger charge is -2.18. The molecule has 0 spiro atoms. The molecule has 0 aromatic carbocycles. The fraction of sp³-hybridized carbons (Fsp3) is 0.727. The standard InChI is InChI=1S/C11H18BrClN2/c1-7(2)10(5-12)6-15-9(4)11(13)8(3)14-15/h7,10H,5-6H2,1-4H3. The quantitative estimate of drug-likeness (QED) is 0.772. The Morgan fingerprint density at radius 2 is 2.00 bits per heavy atom. The van der Waals surface area contributed by atoms with E-state index in [1.807, 2.05) is 18.5 Å². The van der Waals surface area contributed by atoms with E-state index in [9.17, 15) is 0 Å². The SMILES string of the molecule is Cc1nn(CC(CBr)C(C)C)c(C)c1Cl. The molecule has 1 unspecified atom stereocenters. The fourth-order valence-corrected chi connectivity index (χ4v) is 2.60. The van der Waals surface area contributed by atoms with Crippen molar-refractivity contribution in [2.45, 2.75) is 34.2 Å². The minimum atomic E-state index is 0.596. The highest BCUT2D eigenvalue weighted by Crippen LogP contribution is 2.22. The lowest BCUT2D eigenvalue weighted by Crippen LogP contribution is -2.19. The largest absolute Gasteiger partial charge is 0.268 e. The van der Waals surface area contributed by atoms with Crippen molar-refractivity contribution < 1.29 is 0 Å². The van der Waals surface area contributed by atoms with Gasteiger partial charge in [0.2, 0.25) is 0 Å². The predicted molar refractivity (Wildman–Crippen MR) is 68.8 cm³/mol. The summed E-state index contributed by atoms with van der Waals surface area (Å²) < 4.78 is 2.02. The summed E-state index contributed by atoms with van der Waals surface area (Å²) in [5.74, 6) is 1.24. The van der Waals surface area contributed by atoms with Gasteiger partial charge >= 0.3 is 0 Å². The maximum Gasteiger partial charge on any atom is 0.0844 e. The summed E-state index contributed by atoms with van der Waals surface area (Å²) in [5.41, 5.74) is 1.99. The molecule has 0 saturated heterocycles. The van der Waals surface area contributed by atoms with Crippen LogP contribution in [0.1, 0.15) is 25.2 Å². The monoisotopic (exact) mass is 292 g/mol. The highest BCUT2D eigenvalue weighted by molar-refractivity contribution is 9.09. The maximum atomic E-state index is 6.11. The molecule has 0 aliphatic carbocycles. The first-order chi connectivity index (χ1) is 6.97. The van der Waals surface area contributed by atoms with Gasteiger partial charge in [-0.1, -0.05) is 41.4 Å². The normalized spacial score (nSPS) is 13.5. The average molecular weight is 294 g/mol. The van der Waals surface area contributed by atoms with Crippen molar-refractivity contribution in [2.75, 3.05) is 5.33 Å². The van der Waals surface area contributed by atoms with E-state index in [0.29, 0.717) is 11.8 Å². The average Bonchev–Trinajstić information content (AvgIpc) is 2.42. The van der Waals surface area contributed by atoms with Gasteiger partial charge in [-0.15, -0.1) is 0 Å². The minimum absolute atomic E-state index is 0.596. The zero-order valence-corrected chi connectivity index (χ0v) is 12.1. The second-order valence-corrected chi connectivity index (χ2v) is 5.35. The van der Waals surface area contributed by atoms with Crippen LogP contribution >= 0.6 is 27.5 Å². The Morgan fingerprint density at radius 1 is 1.40 bits per heavy atom. The number of nitrogens with zero attached hydrogens (tertiary/aromatic N) is 2. The van der Waals surface area contributed by atoms with Gasteiger partial charge in [-0.25, -0.2) is 0 Å². The number of rotatable bonds is 4. The van der Waals surface area contributed by atoms with Crippen LogP contribution in [0.4, 0.5) is 0 Å². The maximum absolute atomic E-state index is 6.11. The van der Waals surface area contributed by atoms with E-state index in [0.717, 1.165) is 28.3 Å². The minimum Gasteiger partial charge on any atom is -0.268 e. The van der Waals surface area contributed by atoms with Gasteiger partial charge in [0, 0.05) is 11.9 Å². The summed E-state index contributed by atoms with van der Waals surface area (Å²) in [7, 11) is 0. The molecule has 0 saturated carbocycles. The van der Waals surface area contributed by atoms with Gasteiger partial charge in [0.05, 0.1) is 16.4 Å². The van der Waals surface area contributed by atoms with E-state index in [1.165, 1.54) is 0 Å². The third kappa shape index (κ3) is 2.97. The van der Waals surface area contributed by atoms with Crippen LogP contribution in [-0.4, -0.2) is 15.1 Å². The lowest BCUT2D eigenvalue weighted by molar-refractivity contribution is 0.353. The Bertz CT molecular complexity index is 334. The molecule has 0 N–H and O–H groups in total. The molecule has 1 aromatic rings. The van der Waals surface area contributed by atoms with Crippen molar-refractivity contribution in [3.63, 3.8) is 0 Å². The van der Waals surface area contributed by atoms with Gasteiger partial charge < -0.3 is 0 Å². The zero-order valence-electron chi connectivity index (χ0n) is 9.72. The first-order valence-electron chi connectivity index (χ1n) is 5.22. The van der Waals surface area contributed by atoms with Gasteiger partial charge in [0.25, 0.3) is 0 Å². The molecule has 1 atom stereocenters. The molecule has 4 heteroatoms. The summed E-state index contributed by atoms with van der Waals surface area (Å²) in [4.78, 5) is 0. The van der Waals surface area contributed by atoms with E-state index in [-0.39, 0.29) is 0 Å². The van der Waals surface area contributed by atoms with Gasteiger partial charge in [0.1, 0.15) is 0 Å². The van der Waals surface area contributed by atoms with Crippen LogP contribution in [0.25, 0.3) is 0 Å². The van der Waals surface area contributed by atoms with Crippen LogP contribution in [-0.2, 0) is 6.54 Å². The van der Waals surface area contributed by atoms with E-state index in [4.69, 9.17) is 11.6 Å². The number of alkyl halides is 1. The summed E-state index contributed by atoms with van der Waals surface area (Å²) in [6.07, 6.45) is 0. The fourth-order valence-electron chi connectivity index (χ4n) is 1.51. The molecule has 0 radical (unpaired) electrons. The molecular formula is C11H18BrClN2. The molecule has 0 bridgehead atoms. The number of hydrogen-bond donors (Lipinski definition) is 0. The van der Waals surface area contributed by atoms with Crippen molar-refractivity contribution >= 4 is 27.5 Å². The van der Waals surface area contributed by atoms with Crippen molar-refractivity contribution in [2.24, 2.45) is 11.8 Å². The Morgan fingerprint density at radius 3 is 2.33 bits per heavy atom. The molecule has 0 aliphatic heterocycles. The second-order valence-electron chi connectivity index (χ2n) is 4.33. The van der Waals surface area contributed by atoms with Crippen LogP contribution in [0.2, 0.25) is 5.02 Å². The first-order valence-corrected chi connectivity index (χ1v) is 6.72. The third-order valence-electron chi connectivity index (χ3n) is 2.84. The topological polar surface area (TPSA) is 17.8 Å². The number of aryl methyl sites for hydroxylation is 1. The Hall–Kier alpha value is -0.0200. The molecule has 2 nitrogen and oxygen atoms in total. The molecule has 0 amide bonds. The zero-order chi connectivity index (χ0) is 11.6. The molecule has 0 aliphatic rings. The molecule has 15 heavy (non-hydrogen) atoms. The number of halogens is 2. The van der Waals surface area contributed by atoms with Gasteiger partial charge in [-0.3, -0.25) is 4.68 Å². The van der Waals surface area contributed by atoms with Crippen LogP contribution in [0.3, 0.4) is 0 Å². The highest BCUT2D eigenvalue weighted by Gasteiger charge is 2.16. The smallest absolute Gasteiger partial charge is 0.0844 e. The molecule has 1 heterocycles. The van der Waals surface area contributed by atoms with Crippen LogP contribution in [0, 0.1) is 25.7 Å².